The number of benzene rings is 2. The second kappa shape index (κ2) is 7.88. The van der Waals surface area contributed by atoms with E-state index in [-0.39, 0.29) is 5.57 Å². The molecule has 1 saturated heterocycles. The van der Waals surface area contributed by atoms with Crippen molar-refractivity contribution in [1.29, 1.82) is 0 Å². The van der Waals surface area contributed by atoms with E-state index in [1.807, 2.05) is 0 Å². The lowest BCUT2D eigenvalue weighted by Gasteiger charge is -2.14. The maximum Gasteiger partial charge on any atom is 0.337 e. The Morgan fingerprint density at radius 2 is 1.87 bits per heavy atom. The van der Waals surface area contributed by atoms with Gasteiger partial charge in [-0.15, -0.1) is 0 Å². The molecule has 2 amide bonds. The molecule has 1 aromatic heterocycles. The first-order valence-corrected chi connectivity index (χ1v) is 9.25. The highest BCUT2D eigenvalue weighted by Crippen LogP contribution is 2.27. The van der Waals surface area contributed by atoms with Gasteiger partial charge in [0.25, 0.3) is 11.8 Å². The molecular formula is C22H15ClN2O5. The molecule has 0 atom stereocenters. The first kappa shape index (κ1) is 19.5. The van der Waals surface area contributed by atoms with Crippen molar-refractivity contribution in [2.75, 3.05) is 12.1 Å². The van der Waals surface area contributed by atoms with Gasteiger partial charge in [-0.25, -0.2) is 9.80 Å². The van der Waals surface area contributed by atoms with Gasteiger partial charge >= 0.3 is 5.97 Å². The van der Waals surface area contributed by atoms with Crippen LogP contribution in [-0.4, -0.2) is 24.9 Å². The second-order valence-electron chi connectivity index (χ2n) is 6.39. The monoisotopic (exact) mass is 422 g/mol. The Morgan fingerprint density at radius 1 is 1.10 bits per heavy atom. The van der Waals surface area contributed by atoms with Crippen molar-refractivity contribution in [2.45, 2.75) is 0 Å². The average Bonchev–Trinajstić information content (AvgIpc) is 3.33. The van der Waals surface area contributed by atoms with Gasteiger partial charge in [-0.05, 0) is 48.5 Å². The SMILES string of the molecule is COC(=O)c1ccc(-c2ccc(/C=C3/C(=O)NN(c4cccc(Cl)c4)C3=O)o2)cc1. The van der Waals surface area contributed by atoms with Gasteiger partial charge in [-0.2, -0.15) is 0 Å². The third-order valence-corrected chi connectivity index (χ3v) is 4.70. The highest BCUT2D eigenvalue weighted by Gasteiger charge is 2.34. The Bertz CT molecular complexity index is 1180. The maximum absolute atomic E-state index is 12.7. The Morgan fingerprint density at radius 3 is 2.57 bits per heavy atom. The van der Waals surface area contributed by atoms with Crippen LogP contribution in [0.25, 0.3) is 17.4 Å². The molecule has 0 spiro atoms. The molecule has 0 radical (unpaired) electrons. The largest absolute Gasteiger partial charge is 0.465 e. The van der Waals surface area contributed by atoms with Crippen molar-refractivity contribution >= 4 is 41.1 Å². The number of hydrogen-bond donors (Lipinski definition) is 1. The van der Waals surface area contributed by atoms with Crippen molar-refractivity contribution in [3.8, 4) is 11.3 Å². The third-order valence-electron chi connectivity index (χ3n) is 4.46. The van der Waals surface area contributed by atoms with E-state index < -0.39 is 17.8 Å². The lowest BCUT2D eigenvalue weighted by atomic mass is 10.1. The van der Waals surface area contributed by atoms with Crippen molar-refractivity contribution in [1.82, 2.24) is 5.43 Å². The van der Waals surface area contributed by atoms with Crippen LogP contribution in [0.5, 0.6) is 0 Å². The van der Waals surface area contributed by atoms with E-state index in [4.69, 9.17) is 16.0 Å². The van der Waals surface area contributed by atoms with Gasteiger partial charge in [0.05, 0.1) is 18.4 Å². The van der Waals surface area contributed by atoms with Gasteiger partial charge in [0.2, 0.25) is 0 Å². The van der Waals surface area contributed by atoms with Gasteiger partial charge in [-0.3, -0.25) is 15.0 Å². The van der Waals surface area contributed by atoms with Crippen LogP contribution in [0.3, 0.4) is 0 Å². The number of halogens is 1. The van der Waals surface area contributed by atoms with Crippen LogP contribution in [0, 0.1) is 0 Å². The molecule has 0 unspecified atom stereocenters. The normalized spacial score (nSPS) is 14.9. The van der Waals surface area contributed by atoms with E-state index >= 15 is 0 Å². The Kier molecular flexibility index (Phi) is 5.12. The molecule has 2 aromatic carbocycles. The Hall–Kier alpha value is -3.84. The number of carbonyl (C=O) groups excluding carboxylic acids is 3. The fourth-order valence-corrected chi connectivity index (χ4v) is 3.16. The molecule has 2 heterocycles. The molecule has 150 valence electrons. The minimum absolute atomic E-state index is 0.0584. The topological polar surface area (TPSA) is 88.9 Å². The number of furan rings is 1. The van der Waals surface area contributed by atoms with E-state index in [0.717, 1.165) is 10.6 Å². The molecule has 7 nitrogen and oxygen atoms in total. The molecule has 3 aromatic rings. The first-order chi connectivity index (χ1) is 14.5. The van der Waals surface area contributed by atoms with E-state index in [1.165, 1.54) is 13.2 Å². The summed E-state index contributed by atoms with van der Waals surface area (Å²) in [5, 5.41) is 1.58. The van der Waals surface area contributed by atoms with E-state index in [9.17, 15) is 14.4 Å². The Labute approximate surface area is 176 Å². The third kappa shape index (κ3) is 3.70. The molecule has 0 aliphatic carbocycles. The molecule has 8 heteroatoms. The molecule has 1 aliphatic heterocycles. The second-order valence-corrected chi connectivity index (χ2v) is 6.83. The quantitative estimate of drug-likeness (QED) is 0.392. The summed E-state index contributed by atoms with van der Waals surface area (Å²) in [5.74, 6) is -0.617. The van der Waals surface area contributed by atoms with E-state index in [0.29, 0.717) is 27.8 Å². The molecule has 30 heavy (non-hydrogen) atoms. The highest BCUT2D eigenvalue weighted by molar-refractivity contribution is 6.33. The average molecular weight is 423 g/mol. The fraction of sp³-hybridized carbons (Fsp3) is 0.0455. The van der Waals surface area contributed by atoms with Crippen LogP contribution in [0.15, 0.2) is 70.7 Å². The van der Waals surface area contributed by atoms with Crippen LogP contribution in [0.1, 0.15) is 16.1 Å². The molecule has 1 N–H and O–H groups in total. The van der Waals surface area contributed by atoms with Crippen LogP contribution in [0.4, 0.5) is 5.69 Å². The van der Waals surface area contributed by atoms with Gasteiger partial charge in [0.1, 0.15) is 17.1 Å². The summed E-state index contributed by atoms with van der Waals surface area (Å²) in [4.78, 5) is 36.5. The summed E-state index contributed by atoms with van der Waals surface area (Å²) >= 11 is 5.96. The lowest BCUT2D eigenvalue weighted by molar-refractivity contribution is -0.117. The minimum Gasteiger partial charge on any atom is -0.465 e. The number of nitrogens with one attached hydrogen (secondary N) is 1. The number of anilines is 1. The van der Waals surface area contributed by atoms with Gasteiger partial charge < -0.3 is 9.15 Å². The fourth-order valence-electron chi connectivity index (χ4n) is 2.97. The van der Waals surface area contributed by atoms with Crippen LogP contribution in [0.2, 0.25) is 5.02 Å². The summed E-state index contributed by atoms with van der Waals surface area (Å²) in [5.41, 5.74) is 4.06. The molecule has 0 saturated carbocycles. The summed E-state index contributed by atoms with van der Waals surface area (Å²) < 4.78 is 10.4. The molecular weight excluding hydrogens is 408 g/mol. The molecule has 0 bridgehead atoms. The lowest BCUT2D eigenvalue weighted by Crippen LogP contribution is -2.35. The zero-order chi connectivity index (χ0) is 21.3. The van der Waals surface area contributed by atoms with Crippen LogP contribution >= 0.6 is 11.6 Å². The van der Waals surface area contributed by atoms with Gasteiger partial charge in [0.15, 0.2) is 0 Å². The minimum atomic E-state index is -0.541. The number of methoxy groups -OCH3 is 1. The number of esters is 1. The van der Waals surface area contributed by atoms with Gasteiger partial charge in [-0.1, -0.05) is 29.8 Å². The highest BCUT2D eigenvalue weighted by atomic mass is 35.5. The van der Waals surface area contributed by atoms with Crippen LogP contribution < -0.4 is 10.4 Å². The van der Waals surface area contributed by atoms with Crippen molar-refractivity contribution in [3.05, 3.63) is 82.6 Å². The predicted molar refractivity (Wildman–Crippen MR) is 111 cm³/mol. The zero-order valence-electron chi connectivity index (χ0n) is 15.7. The predicted octanol–water partition coefficient (Wildman–Crippen LogP) is 3.85. The first-order valence-electron chi connectivity index (χ1n) is 8.87. The zero-order valence-corrected chi connectivity index (χ0v) is 16.5. The van der Waals surface area contributed by atoms with E-state index in [2.05, 4.69) is 10.2 Å². The number of hydrazine groups is 1. The van der Waals surface area contributed by atoms with E-state index in [1.54, 1.807) is 60.7 Å². The van der Waals surface area contributed by atoms with Crippen molar-refractivity contribution < 1.29 is 23.5 Å². The molecule has 1 fully saturated rings. The number of rotatable bonds is 4. The number of carbonyl (C=O) groups is 3. The van der Waals surface area contributed by atoms with Crippen molar-refractivity contribution in [2.24, 2.45) is 0 Å². The smallest absolute Gasteiger partial charge is 0.337 e. The number of nitrogens with zero attached hydrogens (tertiary/aromatic N) is 1. The Balaban J connectivity index is 1.57. The molecule has 1 aliphatic rings. The summed E-state index contributed by atoms with van der Waals surface area (Å²) in [6.07, 6.45) is 1.38. The summed E-state index contributed by atoms with van der Waals surface area (Å²) in [6, 6.07) is 16.6. The van der Waals surface area contributed by atoms with Crippen molar-refractivity contribution in [3.63, 3.8) is 0 Å². The maximum atomic E-state index is 12.7. The molecule has 4 rings (SSSR count). The number of ether oxygens (including phenoxy) is 1. The standard InChI is InChI=1S/C22H15ClN2O5/c1-29-22(28)14-7-5-13(6-8-14)19-10-9-17(30-19)12-18-20(26)24-25(21(18)27)16-4-2-3-15(23)11-16/h2-12H,1H3,(H,24,26)/b18-12-. The van der Waals surface area contributed by atoms with Crippen LogP contribution in [-0.2, 0) is 14.3 Å². The number of hydrogen-bond acceptors (Lipinski definition) is 5. The summed E-state index contributed by atoms with van der Waals surface area (Å²) in [6.45, 7) is 0. The van der Waals surface area contributed by atoms with Gasteiger partial charge in [0, 0.05) is 10.6 Å². The number of amides is 2. The summed E-state index contributed by atoms with van der Waals surface area (Å²) in [7, 11) is 1.32.